The largest absolute Gasteiger partial charge is 0.496 e. The number of ether oxygens (including phenoxy) is 2. The van der Waals surface area contributed by atoms with Gasteiger partial charge in [0.05, 0.1) is 16.1 Å². The number of hydrogen-bond donors (Lipinski definition) is 2. The number of methoxy groups -OCH3 is 1. The molecule has 0 aliphatic carbocycles. The van der Waals surface area contributed by atoms with Gasteiger partial charge in [0.1, 0.15) is 24.2 Å². The van der Waals surface area contributed by atoms with Crippen LogP contribution in [-0.2, 0) is 0 Å². The molecular formula is C14H21Br2NO3. The number of halogens is 2. The Bertz CT molecular complexity index is 447. The molecule has 0 aliphatic rings. The third-order valence-electron chi connectivity index (χ3n) is 2.51. The smallest absolute Gasteiger partial charge is 0.135 e. The number of rotatable bonds is 6. The molecule has 0 heterocycles. The first-order valence-electron chi connectivity index (χ1n) is 6.32. The van der Waals surface area contributed by atoms with Crippen LogP contribution in [0.5, 0.6) is 11.5 Å². The molecule has 4 nitrogen and oxygen atoms in total. The maximum absolute atomic E-state index is 9.90. The van der Waals surface area contributed by atoms with E-state index in [2.05, 4.69) is 57.9 Å². The van der Waals surface area contributed by atoms with Gasteiger partial charge in [-0.05, 0) is 64.8 Å². The van der Waals surface area contributed by atoms with Gasteiger partial charge in [0.2, 0.25) is 0 Å². The van der Waals surface area contributed by atoms with Crippen molar-refractivity contribution in [2.24, 2.45) is 0 Å². The lowest BCUT2D eigenvalue weighted by molar-refractivity contribution is 0.0996. The summed E-state index contributed by atoms with van der Waals surface area (Å²) < 4.78 is 12.4. The predicted molar refractivity (Wildman–Crippen MR) is 87.7 cm³/mol. The van der Waals surface area contributed by atoms with Gasteiger partial charge in [-0.1, -0.05) is 0 Å². The molecule has 2 N–H and O–H groups in total. The molecule has 6 heteroatoms. The molecule has 1 rings (SSSR count). The standard InChI is InChI=1S/C14H21Br2NO3/c1-14(2,3)17-7-9(18)8-20-13-6-10(15)12(19-4)5-11(13)16/h5-6,9,17-18H,7-8H2,1-4H3. The minimum Gasteiger partial charge on any atom is -0.496 e. The first-order chi connectivity index (χ1) is 9.23. The fourth-order valence-corrected chi connectivity index (χ4v) is 2.37. The Morgan fingerprint density at radius 1 is 1.20 bits per heavy atom. The molecule has 0 radical (unpaired) electrons. The second-order valence-corrected chi connectivity index (χ2v) is 7.22. The van der Waals surface area contributed by atoms with E-state index < -0.39 is 6.10 Å². The minimum atomic E-state index is -0.568. The molecule has 1 aromatic rings. The maximum Gasteiger partial charge on any atom is 0.135 e. The van der Waals surface area contributed by atoms with Gasteiger partial charge in [-0.15, -0.1) is 0 Å². The van der Waals surface area contributed by atoms with Gasteiger partial charge in [0.15, 0.2) is 0 Å². The lowest BCUT2D eigenvalue weighted by Gasteiger charge is -2.23. The number of aliphatic hydroxyl groups is 1. The Labute approximate surface area is 137 Å². The van der Waals surface area contributed by atoms with Crippen LogP contribution in [-0.4, -0.2) is 37.0 Å². The highest BCUT2D eigenvalue weighted by atomic mass is 79.9. The average molecular weight is 411 g/mol. The summed E-state index contributed by atoms with van der Waals surface area (Å²) in [5.41, 5.74) is -0.0231. The van der Waals surface area contributed by atoms with Crippen LogP contribution in [0, 0.1) is 0 Å². The van der Waals surface area contributed by atoms with Gasteiger partial charge in [-0.2, -0.15) is 0 Å². The van der Waals surface area contributed by atoms with Crippen LogP contribution in [0.15, 0.2) is 21.1 Å². The number of aliphatic hydroxyl groups excluding tert-OH is 1. The number of hydrogen-bond acceptors (Lipinski definition) is 4. The first kappa shape index (κ1) is 17.8. The summed E-state index contributed by atoms with van der Waals surface area (Å²) in [6.45, 7) is 6.87. The zero-order valence-corrected chi connectivity index (χ0v) is 15.3. The molecule has 0 aromatic heterocycles. The van der Waals surface area contributed by atoms with Crippen molar-refractivity contribution in [3.8, 4) is 11.5 Å². The van der Waals surface area contributed by atoms with Crippen LogP contribution in [0.25, 0.3) is 0 Å². The molecule has 0 saturated carbocycles. The highest BCUT2D eigenvalue weighted by Crippen LogP contribution is 2.35. The molecule has 0 saturated heterocycles. The van der Waals surface area contributed by atoms with E-state index in [1.54, 1.807) is 7.11 Å². The van der Waals surface area contributed by atoms with Crippen molar-refractivity contribution >= 4 is 31.9 Å². The first-order valence-corrected chi connectivity index (χ1v) is 7.90. The third kappa shape index (κ3) is 5.99. The van der Waals surface area contributed by atoms with E-state index in [1.165, 1.54) is 0 Å². The lowest BCUT2D eigenvalue weighted by atomic mass is 10.1. The second kappa shape index (κ2) is 7.64. The van der Waals surface area contributed by atoms with E-state index in [1.807, 2.05) is 12.1 Å². The van der Waals surface area contributed by atoms with Crippen molar-refractivity contribution in [1.82, 2.24) is 5.32 Å². The number of β-amino-alcohol motifs (C(OH)–C–C–N with tert-alkyl or cyclic N) is 1. The van der Waals surface area contributed by atoms with Gasteiger partial charge in [-0.3, -0.25) is 0 Å². The highest BCUT2D eigenvalue weighted by Gasteiger charge is 2.14. The van der Waals surface area contributed by atoms with Crippen LogP contribution in [0.4, 0.5) is 0 Å². The maximum atomic E-state index is 9.90. The predicted octanol–water partition coefficient (Wildman–Crippen LogP) is 3.35. The van der Waals surface area contributed by atoms with Crippen molar-refractivity contribution < 1.29 is 14.6 Å². The van der Waals surface area contributed by atoms with Gasteiger partial charge >= 0.3 is 0 Å². The van der Waals surface area contributed by atoms with Gasteiger partial charge < -0.3 is 19.9 Å². The topological polar surface area (TPSA) is 50.7 Å². The third-order valence-corrected chi connectivity index (χ3v) is 3.74. The molecule has 0 amide bonds. The quantitative estimate of drug-likeness (QED) is 0.754. The van der Waals surface area contributed by atoms with Crippen molar-refractivity contribution in [3.63, 3.8) is 0 Å². The summed E-state index contributed by atoms with van der Waals surface area (Å²) in [5, 5.41) is 13.1. The molecule has 0 aliphatic heterocycles. The Balaban J connectivity index is 2.55. The summed E-state index contributed by atoms with van der Waals surface area (Å²) >= 11 is 6.82. The van der Waals surface area contributed by atoms with Gasteiger partial charge in [0.25, 0.3) is 0 Å². The molecule has 0 bridgehead atoms. The summed E-state index contributed by atoms with van der Waals surface area (Å²) in [7, 11) is 1.61. The van der Waals surface area contributed by atoms with Crippen molar-refractivity contribution in [3.05, 3.63) is 21.1 Å². The van der Waals surface area contributed by atoms with Crippen LogP contribution >= 0.6 is 31.9 Å². The van der Waals surface area contributed by atoms with Crippen molar-refractivity contribution in [1.29, 1.82) is 0 Å². The Kier molecular flexibility index (Phi) is 6.78. The monoisotopic (exact) mass is 409 g/mol. The lowest BCUT2D eigenvalue weighted by Crippen LogP contribution is -2.42. The summed E-state index contributed by atoms with van der Waals surface area (Å²) in [6.07, 6.45) is -0.568. The zero-order chi connectivity index (χ0) is 15.3. The van der Waals surface area contributed by atoms with Gasteiger partial charge in [0, 0.05) is 12.1 Å². The van der Waals surface area contributed by atoms with E-state index in [4.69, 9.17) is 9.47 Å². The molecule has 114 valence electrons. The van der Waals surface area contributed by atoms with E-state index in [9.17, 15) is 5.11 Å². The Hall–Kier alpha value is -0.300. The zero-order valence-electron chi connectivity index (χ0n) is 12.2. The normalized spacial score (nSPS) is 13.2. The van der Waals surface area contributed by atoms with Crippen molar-refractivity contribution in [2.75, 3.05) is 20.3 Å². The second-order valence-electron chi connectivity index (χ2n) is 5.51. The van der Waals surface area contributed by atoms with Crippen molar-refractivity contribution in [2.45, 2.75) is 32.4 Å². The molecule has 20 heavy (non-hydrogen) atoms. The van der Waals surface area contributed by atoms with E-state index in [0.717, 1.165) is 14.7 Å². The molecule has 0 fully saturated rings. The molecule has 1 aromatic carbocycles. The Morgan fingerprint density at radius 3 is 2.30 bits per heavy atom. The summed E-state index contributed by atoms with van der Waals surface area (Å²) in [5.74, 6) is 1.38. The summed E-state index contributed by atoms with van der Waals surface area (Å²) in [4.78, 5) is 0. The highest BCUT2D eigenvalue weighted by molar-refractivity contribution is 9.11. The SMILES string of the molecule is COc1cc(Br)c(OCC(O)CNC(C)(C)C)cc1Br. The fourth-order valence-electron chi connectivity index (χ4n) is 1.45. The minimum absolute atomic E-state index is 0.0231. The van der Waals surface area contributed by atoms with E-state index >= 15 is 0 Å². The fraction of sp³-hybridized carbons (Fsp3) is 0.571. The van der Waals surface area contributed by atoms with Crippen LogP contribution in [0.2, 0.25) is 0 Å². The van der Waals surface area contributed by atoms with E-state index in [-0.39, 0.29) is 12.1 Å². The number of nitrogens with one attached hydrogen (secondary N) is 1. The number of benzene rings is 1. The molecular weight excluding hydrogens is 390 g/mol. The Morgan fingerprint density at radius 2 is 1.75 bits per heavy atom. The summed E-state index contributed by atoms with van der Waals surface area (Å²) in [6, 6.07) is 3.63. The molecule has 1 unspecified atom stereocenters. The van der Waals surface area contributed by atoms with Gasteiger partial charge in [-0.25, -0.2) is 0 Å². The molecule has 1 atom stereocenters. The average Bonchev–Trinajstić information content (AvgIpc) is 2.36. The van der Waals surface area contributed by atoms with Crippen LogP contribution < -0.4 is 14.8 Å². The molecule has 0 spiro atoms. The van der Waals surface area contributed by atoms with Crippen LogP contribution in [0.3, 0.4) is 0 Å². The van der Waals surface area contributed by atoms with E-state index in [0.29, 0.717) is 12.3 Å². The van der Waals surface area contributed by atoms with Crippen LogP contribution in [0.1, 0.15) is 20.8 Å².